The molecular weight excluding hydrogens is 366 g/mol. The van der Waals surface area contributed by atoms with Crippen molar-refractivity contribution in [3.05, 3.63) is 0 Å². The van der Waals surface area contributed by atoms with Gasteiger partial charge in [0.05, 0.1) is 44.2 Å². The smallest absolute Gasteiger partial charge is 0.0830 e. The van der Waals surface area contributed by atoms with Gasteiger partial charge in [-0.2, -0.15) is 0 Å². The molecule has 1 saturated heterocycles. The van der Waals surface area contributed by atoms with Gasteiger partial charge >= 0.3 is 0 Å². The summed E-state index contributed by atoms with van der Waals surface area (Å²) in [5, 5.41) is 0. The van der Waals surface area contributed by atoms with Crippen LogP contribution in [0.2, 0.25) is 0 Å². The van der Waals surface area contributed by atoms with Gasteiger partial charge < -0.3 is 18.9 Å². The van der Waals surface area contributed by atoms with Crippen LogP contribution in [0.15, 0.2) is 0 Å². The SMILES string of the molecule is CC(C)[C@@H](C)N1CC(OCCOCCOCC2CC2C2CC(OC(C)(C)C)C2)C1. The molecule has 2 unspecified atom stereocenters. The van der Waals surface area contributed by atoms with Gasteiger partial charge in [-0.25, -0.2) is 0 Å². The van der Waals surface area contributed by atoms with Gasteiger partial charge in [0.15, 0.2) is 0 Å². The molecule has 170 valence electrons. The monoisotopic (exact) mass is 411 g/mol. The number of hydrogen-bond acceptors (Lipinski definition) is 5. The highest BCUT2D eigenvalue weighted by molar-refractivity contribution is 4.98. The molecule has 0 bridgehead atoms. The van der Waals surface area contributed by atoms with Crippen LogP contribution in [0.3, 0.4) is 0 Å². The number of ether oxygens (including phenoxy) is 4. The molecule has 29 heavy (non-hydrogen) atoms. The zero-order valence-corrected chi connectivity index (χ0v) is 19.7. The van der Waals surface area contributed by atoms with Gasteiger partial charge in [0.2, 0.25) is 0 Å². The van der Waals surface area contributed by atoms with Crippen molar-refractivity contribution in [3.8, 4) is 0 Å². The second-order valence-electron chi connectivity index (χ2n) is 10.9. The summed E-state index contributed by atoms with van der Waals surface area (Å²) in [5.41, 5.74) is -0.00268. The Morgan fingerprint density at radius 3 is 2.17 bits per heavy atom. The maximum atomic E-state index is 6.05. The highest BCUT2D eigenvalue weighted by Crippen LogP contribution is 2.52. The van der Waals surface area contributed by atoms with Crippen molar-refractivity contribution < 1.29 is 18.9 Å². The van der Waals surface area contributed by atoms with Crippen LogP contribution in [-0.4, -0.2) is 74.9 Å². The molecule has 0 aromatic rings. The minimum Gasteiger partial charge on any atom is -0.379 e. The molecule has 3 fully saturated rings. The summed E-state index contributed by atoms with van der Waals surface area (Å²) in [7, 11) is 0. The minimum atomic E-state index is -0.00268. The Morgan fingerprint density at radius 1 is 0.862 bits per heavy atom. The van der Waals surface area contributed by atoms with Crippen LogP contribution in [0.5, 0.6) is 0 Å². The molecule has 2 aliphatic carbocycles. The lowest BCUT2D eigenvalue weighted by Gasteiger charge is -2.44. The van der Waals surface area contributed by atoms with Crippen LogP contribution in [0.25, 0.3) is 0 Å². The molecule has 3 rings (SSSR count). The van der Waals surface area contributed by atoms with Crippen molar-refractivity contribution in [2.75, 3.05) is 46.1 Å². The van der Waals surface area contributed by atoms with Crippen LogP contribution in [-0.2, 0) is 18.9 Å². The van der Waals surface area contributed by atoms with Gasteiger partial charge in [-0.05, 0) is 70.6 Å². The van der Waals surface area contributed by atoms with E-state index in [2.05, 4.69) is 46.4 Å². The maximum absolute atomic E-state index is 6.05. The van der Waals surface area contributed by atoms with E-state index in [0.717, 1.165) is 37.5 Å². The second kappa shape index (κ2) is 10.4. The minimum absolute atomic E-state index is 0.00268. The summed E-state index contributed by atoms with van der Waals surface area (Å²) in [6.07, 6.45) is 4.71. The van der Waals surface area contributed by atoms with E-state index in [9.17, 15) is 0 Å². The van der Waals surface area contributed by atoms with Crippen molar-refractivity contribution >= 4 is 0 Å². The Morgan fingerprint density at radius 2 is 1.52 bits per heavy atom. The number of likely N-dealkylation sites (tertiary alicyclic amines) is 1. The average Bonchev–Trinajstić information content (AvgIpc) is 3.32. The van der Waals surface area contributed by atoms with Crippen molar-refractivity contribution in [2.45, 2.75) is 84.7 Å². The van der Waals surface area contributed by atoms with Crippen LogP contribution in [0.4, 0.5) is 0 Å². The molecule has 2 saturated carbocycles. The first-order valence-electron chi connectivity index (χ1n) is 11.9. The molecule has 0 amide bonds. The molecule has 3 aliphatic rings. The largest absolute Gasteiger partial charge is 0.379 e. The zero-order chi connectivity index (χ0) is 21.0. The third-order valence-corrected chi connectivity index (χ3v) is 6.94. The van der Waals surface area contributed by atoms with E-state index in [4.69, 9.17) is 18.9 Å². The quantitative estimate of drug-likeness (QED) is 0.429. The van der Waals surface area contributed by atoms with Crippen molar-refractivity contribution in [2.24, 2.45) is 23.7 Å². The Labute approximate surface area is 178 Å². The summed E-state index contributed by atoms with van der Waals surface area (Å²) >= 11 is 0. The lowest BCUT2D eigenvalue weighted by molar-refractivity contribution is -0.116. The molecule has 0 aromatic heterocycles. The molecule has 0 N–H and O–H groups in total. The lowest BCUT2D eigenvalue weighted by Crippen LogP contribution is -2.57. The maximum Gasteiger partial charge on any atom is 0.0830 e. The van der Waals surface area contributed by atoms with E-state index in [1.807, 2.05) is 0 Å². The van der Waals surface area contributed by atoms with Gasteiger partial charge in [0, 0.05) is 25.7 Å². The van der Waals surface area contributed by atoms with Crippen LogP contribution in [0.1, 0.15) is 60.8 Å². The number of nitrogens with zero attached hydrogens (tertiary/aromatic N) is 1. The fraction of sp³-hybridized carbons (Fsp3) is 1.00. The summed E-state index contributed by atoms with van der Waals surface area (Å²) in [5.74, 6) is 3.23. The molecule has 1 heterocycles. The van der Waals surface area contributed by atoms with Crippen LogP contribution < -0.4 is 0 Å². The topological polar surface area (TPSA) is 40.2 Å². The third kappa shape index (κ3) is 7.46. The predicted molar refractivity (Wildman–Crippen MR) is 116 cm³/mol. The van der Waals surface area contributed by atoms with Crippen LogP contribution in [0, 0.1) is 23.7 Å². The number of hydrogen-bond donors (Lipinski definition) is 0. The Kier molecular flexibility index (Phi) is 8.42. The highest BCUT2D eigenvalue weighted by atomic mass is 16.5. The standard InChI is InChI=1S/C24H45NO4/c1-17(2)18(3)25-14-22(15-25)28-10-9-26-7-8-27-16-20-13-23(20)19-11-21(12-19)29-24(4,5)6/h17-23H,7-16H2,1-6H3/t18-,19?,20?,21?,23?/m1/s1. The summed E-state index contributed by atoms with van der Waals surface area (Å²) < 4.78 is 23.4. The molecular formula is C24H45NO4. The van der Waals surface area contributed by atoms with Gasteiger partial charge in [-0.15, -0.1) is 0 Å². The Bertz CT molecular complexity index is 480. The van der Waals surface area contributed by atoms with Gasteiger partial charge in [-0.1, -0.05) is 13.8 Å². The van der Waals surface area contributed by atoms with Crippen molar-refractivity contribution in [1.82, 2.24) is 4.90 Å². The van der Waals surface area contributed by atoms with E-state index >= 15 is 0 Å². The molecule has 0 aromatic carbocycles. The van der Waals surface area contributed by atoms with E-state index in [1.54, 1.807) is 0 Å². The van der Waals surface area contributed by atoms with Crippen molar-refractivity contribution in [3.63, 3.8) is 0 Å². The molecule has 1 aliphatic heterocycles. The molecule has 0 spiro atoms. The van der Waals surface area contributed by atoms with Gasteiger partial charge in [-0.3, -0.25) is 4.90 Å². The van der Waals surface area contributed by atoms with E-state index < -0.39 is 0 Å². The summed E-state index contributed by atoms with van der Waals surface area (Å²) in [6, 6.07) is 0.650. The van der Waals surface area contributed by atoms with Crippen LogP contribution >= 0.6 is 0 Å². The number of rotatable bonds is 13. The first-order valence-corrected chi connectivity index (χ1v) is 11.9. The first kappa shape index (κ1) is 23.5. The van der Waals surface area contributed by atoms with Gasteiger partial charge in [0.25, 0.3) is 0 Å². The van der Waals surface area contributed by atoms with Gasteiger partial charge in [0.1, 0.15) is 0 Å². The Hall–Kier alpha value is -0.200. The molecule has 3 atom stereocenters. The Balaban J connectivity index is 1.08. The van der Waals surface area contributed by atoms with E-state index in [-0.39, 0.29) is 5.60 Å². The zero-order valence-electron chi connectivity index (χ0n) is 19.7. The van der Waals surface area contributed by atoms with E-state index in [1.165, 1.54) is 19.3 Å². The fourth-order valence-corrected chi connectivity index (χ4v) is 4.65. The summed E-state index contributed by atoms with van der Waals surface area (Å²) in [6.45, 7) is 19.1. The molecule has 5 nitrogen and oxygen atoms in total. The average molecular weight is 412 g/mol. The molecule has 0 radical (unpaired) electrons. The third-order valence-electron chi connectivity index (χ3n) is 6.94. The first-order chi connectivity index (χ1) is 13.7. The normalized spacial score (nSPS) is 31.6. The van der Waals surface area contributed by atoms with Crippen molar-refractivity contribution in [1.29, 1.82) is 0 Å². The highest BCUT2D eigenvalue weighted by Gasteiger charge is 2.48. The molecule has 5 heteroatoms. The van der Waals surface area contributed by atoms with E-state index in [0.29, 0.717) is 50.6 Å². The fourth-order valence-electron chi connectivity index (χ4n) is 4.65. The summed E-state index contributed by atoms with van der Waals surface area (Å²) in [4.78, 5) is 2.50. The predicted octanol–water partition coefficient (Wildman–Crippen LogP) is 3.99. The second-order valence-corrected chi connectivity index (χ2v) is 10.9. The lowest BCUT2D eigenvalue weighted by atomic mass is 9.78.